The Bertz CT molecular complexity index is 434. The Balaban J connectivity index is 2.12. The lowest BCUT2D eigenvalue weighted by Gasteiger charge is -2.12. The van der Waals surface area contributed by atoms with Crippen LogP contribution in [-0.4, -0.2) is 11.7 Å². The van der Waals surface area contributed by atoms with Gasteiger partial charge in [0.2, 0.25) is 5.91 Å². The molecule has 1 saturated carbocycles. The average molecular weight is 231 g/mol. The van der Waals surface area contributed by atoms with Crippen molar-refractivity contribution in [3.8, 4) is 0 Å². The first-order valence-corrected chi connectivity index (χ1v) is 6.09. The normalized spacial score (nSPS) is 15.8. The summed E-state index contributed by atoms with van der Waals surface area (Å²) in [5, 5.41) is 2.87. The van der Waals surface area contributed by atoms with E-state index in [1.54, 1.807) is 12.1 Å². The van der Waals surface area contributed by atoms with Gasteiger partial charge < -0.3 is 5.32 Å². The molecule has 0 saturated heterocycles. The molecule has 90 valence electrons. The van der Waals surface area contributed by atoms with Crippen LogP contribution in [0.25, 0.3) is 0 Å². The van der Waals surface area contributed by atoms with Gasteiger partial charge in [-0.25, -0.2) is 0 Å². The fraction of sp³-hybridized carbons (Fsp3) is 0.429. The van der Waals surface area contributed by atoms with Crippen molar-refractivity contribution in [2.75, 3.05) is 5.32 Å². The van der Waals surface area contributed by atoms with Crippen molar-refractivity contribution >= 4 is 17.4 Å². The monoisotopic (exact) mass is 231 g/mol. The highest BCUT2D eigenvalue weighted by molar-refractivity contribution is 6.04. The smallest absolute Gasteiger partial charge is 0.227 e. The molecular formula is C14H17NO2. The van der Waals surface area contributed by atoms with Crippen molar-refractivity contribution < 1.29 is 9.59 Å². The van der Waals surface area contributed by atoms with Crippen LogP contribution in [0.15, 0.2) is 24.3 Å². The summed E-state index contributed by atoms with van der Waals surface area (Å²) in [4.78, 5) is 23.4. The first-order chi connectivity index (χ1) is 8.18. The molecule has 3 heteroatoms. The van der Waals surface area contributed by atoms with Crippen LogP contribution in [-0.2, 0) is 4.79 Å². The van der Waals surface area contributed by atoms with Crippen molar-refractivity contribution in [1.82, 2.24) is 0 Å². The van der Waals surface area contributed by atoms with Crippen molar-refractivity contribution in [3.05, 3.63) is 29.8 Å². The number of benzene rings is 1. The number of Topliss-reactive ketones (excluding diaryl/α,β-unsaturated/α-hetero) is 1. The molecule has 0 aromatic heterocycles. The lowest BCUT2D eigenvalue weighted by atomic mass is 10.1. The Labute approximate surface area is 101 Å². The number of para-hydroxylation sites is 1. The van der Waals surface area contributed by atoms with Crippen molar-refractivity contribution in [2.45, 2.75) is 32.6 Å². The molecule has 0 heterocycles. The predicted molar refractivity (Wildman–Crippen MR) is 67.0 cm³/mol. The molecule has 0 aliphatic heterocycles. The molecule has 1 aliphatic rings. The van der Waals surface area contributed by atoms with E-state index in [4.69, 9.17) is 0 Å². The number of hydrogen-bond donors (Lipinski definition) is 1. The summed E-state index contributed by atoms with van der Waals surface area (Å²) in [5.74, 6) is 0.151. The summed E-state index contributed by atoms with van der Waals surface area (Å²) in [6.07, 6.45) is 4.20. The highest BCUT2D eigenvalue weighted by Crippen LogP contribution is 2.26. The van der Waals surface area contributed by atoms with Gasteiger partial charge in [0.1, 0.15) is 0 Å². The zero-order valence-corrected chi connectivity index (χ0v) is 10.0. The maximum atomic E-state index is 12.0. The van der Waals surface area contributed by atoms with Crippen LogP contribution in [0, 0.1) is 5.92 Å². The van der Waals surface area contributed by atoms with Gasteiger partial charge in [-0.3, -0.25) is 9.59 Å². The van der Waals surface area contributed by atoms with Crippen LogP contribution < -0.4 is 5.32 Å². The minimum atomic E-state index is -0.0210. The number of carbonyl (C=O) groups is 2. The van der Waals surface area contributed by atoms with Crippen LogP contribution in [0.5, 0.6) is 0 Å². The van der Waals surface area contributed by atoms with E-state index in [2.05, 4.69) is 5.32 Å². The standard InChI is InChI=1S/C14H17NO2/c1-10(16)12-8-4-5-9-13(12)15-14(17)11-6-2-3-7-11/h4-5,8-9,11H,2-3,6-7H2,1H3,(H,15,17). The minimum absolute atomic E-state index is 0.0210. The van der Waals surface area contributed by atoms with Crippen molar-refractivity contribution in [1.29, 1.82) is 0 Å². The Hall–Kier alpha value is -1.64. The quantitative estimate of drug-likeness (QED) is 0.813. The van der Waals surface area contributed by atoms with Gasteiger partial charge in [0.05, 0.1) is 5.69 Å². The SMILES string of the molecule is CC(=O)c1ccccc1NC(=O)C1CCCC1. The van der Waals surface area contributed by atoms with Crippen LogP contribution in [0.2, 0.25) is 0 Å². The zero-order chi connectivity index (χ0) is 12.3. The van der Waals surface area contributed by atoms with E-state index in [1.165, 1.54) is 6.92 Å². The molecular weight excluding hydrogens is 214 g/mol. The fourth-order valence-electron chi connectivity index (χ4n) is 2.32. The van der Waals surface area contributed by atoms with E-state index in [9.17, 15) is 9.59 Å². The van der Waals surface area contributed by atoms with Gasteiger partial charge in [-0.1, -0.05) is 25.0 Å². The minimum Gasteiger partial charge on any atom is -0.325 e. The molecule has 1 aliphatic carbocycles. The largest absolute Gasteiger partial charge is 0.325 e. The second-order valence-corrected chi connectivity index (χ2v) is 4.57. The van der Waals surface area contributed by atoms with Gasteiger partial charge in [-0.05, 0) is 31.9 Å². The number of ketones is 1. The van der Waals surface area contributed by atoms with Gasteiger partial charge in [-0.2, -0.15) is 0 Å². The Morgan fingerprint density at radius 3 is 2.47 bits per heavy atom. The van der Waals surface area contributed by atoms with Gasteiger partial charge in [0, 0.05) is 11.5 Å². The maximum Gasteiger partial charge on any atom is 0.227 e. The first kappa shape index (κ1) is 11.8. The van der Waals surface area contributed by atoms with Crippen LogP contribution in [0.4, 0.5) is 5.69 Å². The van der Waals surface area contributed by atoms with E-state index in [-0.39, 0.29) is 17.6 Å². The molecule has 1 aromatic carbocycles. The molecule has 0 radical (unpaired) electrons. The van der Waals surface area contributed by atoms with Gasteiger partial charge in [0.15, 0.2) is 5.78 Å². The Kier molecular flexibility index (Phi) is 3.57. The van der Waals surface area contributed by atoms with E-state index < -0.39 is 0 Å². The summed E-state index contributed by atoms with van der Waals surface area (Å²) in [6, 6.07) is 7.16. The summed E-state index contributed by atoms with van der Waals surface area (Å²) >= 11 is 0. The lowest BCUT2D eigenvalue weighted by molar-refractivity contribution is -0.119. The third kappa shape index (κ3) is 2.73. The number of rotatable bonds is 3. The Morgan fingerprint density at radius 2 is 1.82 bits per heavy atom. The molecule has 0 bridgehead atoms. The lowest BCUT2D eigenvalue weighted by Crippen LogP contribution is -2.21. The topological polar surface area (TPSA) is 46.2 Å². The third-order valence-corrected chi connectivity index (χ3v) is 3.29. The Morgan fingerprint density at radius 1 is 1.18 bits per heavy atom. The average Bonchev–Trinajstić information content (AvgIpc) is 2.83. The van der Waals surface area contributed by atoms with Crippen LogP contribution in [0.1, 0.15) is 43.0 Å². The molecule has 17 heavy (non-hydrogen) atoms. The number of anilines is 1. The fourth-order valence-corrected chi connectivity index (χ4v) is 2.32. The summed E-state index contributed by atoms with van der Waals surface area (Å²) < 4.78 is 0. The highest BCUT2D eigenvalue weighted by Gasteiger charge is 2.23. The first-order valence-electron chi connectivity index (χ1n) is 6.09. The van der Waals surface area contributed by atoms with Crippen molar-refractivity contribution in [3.63, 3.8) is 0 Å². The molecule has 3 nitrogen and oxygen atoms in total. The third-order valence-electron chi connectivity index (χ3n) is 3.29. The predicted octanol–water partition coefficient (Wildman–Crippen LogP) is 3.02. The highest BCUT2D eigenvalue weighted by atomic mass is 16.2. The summed E-state index contributed by atoms with van der Waals surface area (Å²) in [7, 11) is 0. The molecule has 1 N–H and O–H groups in total. The second-order valence-electron chi connectivity index (χ2n) is 4.57. The number of carbonyl (C=O) groups excluding carboxylic acids is 2. The van der Waals surface area contributed by atoms with E-state index >= 15 is 0 Å². The number of nitrogens with one attached hydrogen (secondary N) is 1. The molecule has 0 unspecified atom stereocenters. The summed E-state index contributed by atoms with van der Waals surface area (Å²) in [5.41, 5.74) is 1.22. The van der Waals surface area contributed by atoms with Gasteiger partial charge in [-0.15, -0.1) is 0 Å². The molecule has 1 aromatic rings. The van der Waals surface area contributed by atoms with E-state index in [0.717, 1.165) is 25.7 Å². The molecule has 0 atom stereocenters. The van der Waals surface area contributed by atoms with Crippen molar-refractivity contribution in [2.24, 2.45) is 5.92 Å². The number of hydrogen-bond acceptors (Lipinski definition) is 2. The van der Waals surface area contributed by atoms with E-state index in [0.29, 0.717) is 11.3 Å². The van der Waals surface area contributed by atoms with Crippen LogP contribution >= 0.6 is 0 Å². The maximum absolute atomic E-state index is 12.0. The molecule has 0 spiro atoms. The van der Waals surface area contributed by atoms with Crippen LogP contribution in [0.3, 0.4) is 0 Å². The zero-order valence-electron chi connectivity index (χ0n) is 10.0. The second kappa shape index (κ2) is 5.13. The summed E-state index contributed by atoms with van der Waals surface area (Å²) in [6.45, 7) is 1.51. The van der Waals surface area contributed by atoms with E-state index in [1.807, 2.05) is 12.1 Å². The van der Waals surface area contributed by atoms with Gasteiger partial charge in [0.25, 0.3) is 0 Å². The molecule has 1 amide bonds. The van der Waals surface area contributed by atoms with Gasteiger partial charge >= 0.3 is 0 Å². The molecule has 1 fully saturated rings. The number of amides is 1. The molecule has 2 rings (SSSR count).